The van der Waals surface area contributed by atoms with Gasteiger partial charge in [0.15, 0.2) is 0 Å². The third-order valence-electron chi connectivity index (χ3n) is 2.31. The van der Waals surface area contributed by atoms with Crippen molar-refractivity contribution in [3.63, 3.8) is 0 Å². The van der Waals surface area contributed by atoms with Gasteiger partial charge in [-0.05, 0) is 27.2 Å². The van der Waals surface area contributed by atoms with Crippen LogP contribution in [-0.2, 0) is 11.8 Å². The monoisotopic (exact) mass is 239 g/mol. The molecule has 5 heteroatoms. The maximum atomic E-state index is 11.7. The summed E-state index contributed by atoms with van der Waals surface area (Å²) in [6.07, 6.45) is 3.87. The molecule has 1 aromatic rings. The molecule has 1 heterocycles. The molecule has 0 aromatic carbocycles. The van der Waals surface area contributed by atoms with E-state index >= 15 is 0 Å². The number of amides is 1. The fraction of sp³-hybridized carbons (Fsp3) is 0.667. The van der Waals surface area contributed by atoms with Crippen LogP contribution in [0.2, 0.25) is 0 Å². The van der Waals surface area contributed by atoms with Gasteiger partial charge in [0.2, 0.25) is 0 Å². The van der Waals surface area contributed by atoms with Gasteiger partial charge in [0.25, 0.3) is 0 Å². The van der Waals surface area contributed by atoms with Crippen molar-refractivity contribution >= 4 is 6.09 Å². The Morgan fingerprint density at radius 3 is 2.65 bits per heavy atom. The van der Waals surface area contributed by atoms with Crippen molar-refractivity contribution in [1.29, 1.82) is 0 Å². The van der Waals surface area contributed by atoms with Crippen molar-refractivity contribution in [2.75, 3.05) is 0 Å². The van der Waals surface area contributed by atoms with Gasteiger partial charge in [-0.25, -0.2) is 9.78 Å². The van der Waals surface area contributed by atoms with Gasteiger partial charge in [-0.2, -0.15) is 0 Å². The number of aromatic nitrogens is 2. The van der Waals surface area contributed by atoms with Crippen LogP contribution in [0.5, 0.6) is 0 Å². The molecule has 0 aliphatic heterocycles. The lowest BCUT2D eigenvalue weighted by Crippen LogP contribution is -2.35. The molecule has 0 aliphatic carbocycles. The molecule has 17 heavy (non-hydrogen) atoms. The summed E-state index contributed by atoms with van der Waals surface area (Å²) in [5.74, 6) is 0. The van der Waals surface area contributed by atoms with E-state index in [1.165, 1.54) is 0 Å². The molecular formula is C12H21N3O2. The first kappa shape index (κ1) is 13.5. The van der Waals surface area contributed by atoms with Crippen LogP contribution < -0.4 is 5.32 Å². The van der Waals surface area contributed by atoms with E-state index in [9.17, 15) is 4.79 Å². The van der Waals surface area contributed by atoms with Crippen LogP contribution in [0.4, 0.5) is 4.79 Å². The second-order valence-electron chi connectivity index (χ2n) is 5.04. The molecule has 0 radical (unpaired) electrons. The van der Waals surface area contributed by atoms with Crippen LogP contribution >= 0.6 is 0 Å². The Balaban J connectivity index is 2.66. The normalized spacial score (nSPS) is 13.2. The number of imidazole rings is 1. The minimum Gasteiger partial charge on any atom is -0.444 e. The Labute approximate surface area is 102 Å². The number of carbonyl (C=O) groups is 1. The molecule has 0 aliphatic rings. The van der Waals surface area contributed by atoms with Crippen molar-refractivity contribution in [3.8, 4) is 0 Å². The number of carbonyl (C=O) groups excluding carboxylic acids is 1. The minimum atomic E-state index is -0.477. The molecular weight excluding hydrogens is 218 g/mol. The van der Waals surface area contributed by atoms with E-state index in [0.29, 0.717) is 0 Å². The topological polar surface area (TPSA) is 56.1 Å². The van der Waals surface area contributed by atoms with Crippen LogP contribution in [0.25, 0.3) is 0 Å². The first-order chi connectivity index (χ1) is 7.83. The summed E-state index contributed by atoms with van der Waals surface area (Å²) >= 11 is 0. The molecule has 0 bridgehead atoms. The zero-order valence-electron chi connectivity index (χ0n) is 11.2. The van der Waals surface area contributed by atoms with Crippen LogP contribution in [-0.4, -0.2) is 21.2 Å². The summed E-state index contributed by atoms with van der Waals surface area (Å²) in [5, 5.41) is 2.84. The highest BCUT2D eigenvalue weighted by Crippen LogP contribution is 2.16. The predicted octanol–water partition coefficient (Wildman–Crippen LogP) is 2.40. The molecule has 0 fully saturated rings. The number of aryl methyl sites for hydroxylation is 1. The summed E-state index contributed by atoms with van der Waals surface area (Å²) in [4.78, 5) is 15.7. The summed E-state index contributed by atoms with van der Waals surface area (Å²) in [5.41, 5.74) is 0.493. The van der Waals surface area contributed by atoms with E-state index in [0.717, 1.165) is 12.1 Å². The van der Waals surface area contributed by atoms with E-state index in [-0.39, 0.29) is 6.04 Å². The number of nitrogens with one attached hydrogen (secondary N) is 1. The van der Waals surface area contributed by atoms with Crippen molar-refractivity contribution < 1.29 is 9.53 Å². The molecule has 96 valence electrons. The number of alkyl carbamates (subject to hydrolysis) is 1. The Hall–Kier alpha value is -1.52. The molecule has 5 nitrogen and oxygen atoms in total. The van der Waals surface area contributed by atoms with Gasteiger partial charge in [0.1, 0.15) is 5.60 Å². The van der Waals surface area contributed by atoms with Crippen LogP contribution in [0.3, 0.4) is 0 Å². The lowest BCUT2D eigenvalue weighted by atomic mass is 10.1. The first-order valence-corrected chi connectivity index (χ1v) is 5.79. The first-order valence-electron chi connectivity index (χ1n) is 5.79. The number of nitrogens with zero attached hydrogens (tertiary/aromatic N) is 2. The summed E-state index contributed by atoms with van der Waals surface area (Å²) in [7, 11) is 1.90. The van der Waals surface area contributed by atoms with E-state index in [1.807, 2.05) is 39.3 Å². The number of ether oxygens (including phenoxy) is 1. The largest absolute Gasteiger partial charge is 0.444 e. The van der Waals surface area contributed by atoms with E-state index < -0.39 is 11.7 Å². The Kier molecular flexibility index (Phi) is 4.15. The van der Waals surface area contributed by atoms with E-state index in [4.69, 9.17) is 4.74 Å². The average molecular weight is 239 g/mol. The van der Waals surface area contributed by atoms with Crippen LogP contribution in [0, 0.1) is 0 Å². The third-order valence-corrected chi connectivity index (χ3v) is 2.31. The molecule has 1 aromatic heterocycles. The number of rotatable bonds is 3. The highest BCUT2D eigenvalue weighted by molar-refractivity contribution is 5.68. The SMILES string of the molecule is CC[C@@H](NC(=O)OC(C)(C)C)c1cncn1C. The molecule has 1 atom stereocenters. The lowest BCUT2D eigenvalue weighted by molar-refractivity contribution is 0.0500. The predicted molar refractivity (Wildman–Crippen MR) is 65.6 cm³/mol. The maximum Gasteiger partial charge on any atom is 0.408 e. The average Bonchev–Trinajstić information content (AvgIpc) is 2.58. The third kappa shape index (κ3) is 4.09. The quantitative estimate of drug-likeness (QED) is 0.881. The van der Waals surface area contributed by atoms with Crippen molar-refractivity contribution in [3.05, 3.63) is 18.2 Å². The molecule has 1 rings (SSSR count). The molecule has 1 N–H and O–H groups in total. The standard InChI is InChI=1S/C12H21N3O2/c1-6-9(10-7-13-8-15(10)5)14-11(16)17-12(2,3)4/h7-9H,6H2,1-5H3,(H,14,16)/t9-/m1/s1. The molecule has 0 unspecified atom stereocenters. The lowest BCUT2D eigenvalue weighted by Gasteiger charge is -2.23. The fourth-order valence-electron chi connectivity index (χ4n) is 1.54. The van der Waals surface area contributed by atoms with Gasteiger partial charge >= 0.3 is 6.09 Å². The summed E-state index contributed by atoms with van der Waals surface area (Å²) < 4.78 is 7.12. The second kappa shape index (κ2) is 5.21. The van der Waals surface area contributed by atoms with E-state index in [1.54, 1.807) is 12.5 Å². The van der Waals surface area contributed by atoms with Gasteiger partial charge in [-0.1, -0.05) is 6.92 Å². The van der Waals surface area contributed by atoms with Crippen LogP contribution in [0.15, 0.2) is 12.5 Å². The fourth-order valence-corrected chi connectivity index (χ4v) is 1.54. The molecule has 0 saturated carbocycles. The van der Waals surface area contributed by atoms with E-state index in [2.05, 4.69) is 10.3 Å². The van der Waals surface area contributed by atoms with Crippen molar-refractivity contribution in [1.82, 2.24) is 14.9 Å². The minimum absolute atomic E-state index is 0.0719. The molecule has 0 spiro atoms. The highest BCUT2D eigenvalue weighted by atomic mass is 16.6. The van der Waals surface area contributed by atoms with Crippen molar-refractivity contribution in [2.45, 2.75) is 45.8 Å². The summed E-state index contributed by atoms with van der Waals surface area (Å²) in [6, 6.07) is -0.0719. The Morgan fingerprint density at radius 2 is 2.24 bits per heavy atom. The zero-order valence-corrected chi connectivity index (χ0v) is 11.2. The van der Waals surface area contributed by atoms with Crippen molar-refractivity contribution in [2.24, 2.45) is 7.05 Å². The van der Waals surface area contributed by atoms with Gasteiger partial charge in [-0.3, -0.25) is 0 Å². The Morgan fingerprint density at radius 1 is 1.59 bits per heavy atom. The zero-order chi connectivity index (χ0) is 13.1. The maximum absolute atomic E-state index is 11.7. The van der Waals surface area contributed by atoms with Crippen LogP contribution in [0.1, 0.15) is 45.9 Å². The number of hydrogen-bond acceptors (Lipinski definition) is 3. The smallest absolute Gasteiger partial charge is 0.408 e. The number of hydrogen-bond donors (Lipinski definition) is 1. The highest BCUT2D eigenvalue weighted by Gasteiger charge is 2.20. The van der Waals surface area contributed by atoms with Gasteiger partial charge < -0.3 is 14.6 Å². The summed E-state index contributed by atoms with van der Waals surface area (Å²) in [6.45, 7) is 7.54. The Bertz CT molecular complexity index is 379. The van der Waals surface area contributed by atoms with Gasteiger partial charge in [0.05, 0.1) is 24.3 Å². The van der Waals surface area contributed by atoms with Gasteiger partial charge in [-0.15, -0.1) is 0 Å². The second-order valence-corrected chi connectivity index (χ2v) is 5.04. The molecule has 1 amide bonds. The van der Waals surface area contributed by atoms with Gasteiger partial charge in [0, 0.05) is 7.05 Å². The molecule has 0 saturated heterocycles.